The third kappa shape index (κ3) is 4.44. The average Bonchev–Trinajstić information content (AvgIpc) is 2.65. The molecule has 0 saturated heterocycles. The quantitative estimate of drug-likeness (QED) is 0.678. The Hall–Kier alpha value is -2.92. The van der Waals surface area contributed by atoms with Crippen LogP contribution in [0.2, 0.25) is 5.02 Å². The van der Waals surface area contributed by atoms with Crippen molar-refractivity contribution in [2.45, 2.75) is 20.4 Å². The Morgan fingerprint density at radius 3 is 2.67 bits per heavy atom. The van der Waals surface area contributed by atoms with Crippen LogP contribution in [-0.2, 0) is 16.1 Å². The standard InChI is InChI=1S/C21H19ClN2O3/c1-13-17-8-3-4-9-18(17)24-14(2)20(13)21(26)27-12-19(25)23-11-15-6-5-7-16(22)10-15/h3-10H,11-12H2,1-2H3,(H,23,25). The maximum absolute atomic E-state index is 12.5. The largest absolute Gasteiger partial charge is 0.452 e. The van der Waals surface area contributed by atoms with Gasteiger partial charge in [-0.2, -0.15) is 0 Å². The van der Waals surface area contributed by atoms with Gasteiger partial charge in [0.2, 0.25) is 0 Å². The molecule has 3 rings (SSSR count). The van der Waals surface area contributed by atoms with E-state index in [0.717, 1.165) is 22.0 Å². The van der Waals surface area contributed by atoms with Gasteiger partial charge in [-0.15, -0.1) is 0 Å². The lowest BCUT2D eigenvalue weighted by molar-refractivity contribution is -0.124. The number of esters is 1. The number of para-hydroxylation sites is 1. The van der Waals surface area contributed by atoms with Crippen LogP contribution in [0.5, 0.6) is 0 Å². The van der Waals surface area contributed by atoms with Gasteiger partial charge in [0, 0.05) is 17.0 Å². The number of nitrogens with zero attached hydrogens (tertiary/aromatic N) is 1. The minimum absolute atomic E-state index is 0.312. The van der Waals surface area contributed by atoms with E-state index in [4.69, 9.17) is 16.3 Å². The molecule has 0 aliphatic carbocycles. The molecule has 5 nitrogen and oxygen atoms in total. The molecule has 1 heterocycles. The van der Waals surface area contributed by atoms with Gasteiger partial charge in [-0.05, 0) is 43.2 Å². The second-order valence-corrected chi connectivity index (χ2v) is 6.63. The fourth-order valence-electron chi connectivity index (χ4n) is 2.93. The Kier molecular flexibility index (Phi) is 5.72. The topological polar surface area (TPSA) is 68.3 Å². The van der Waals surface area contributed by atoms with Crippen molar-refractivity contribution in [3.63, 3.8) is 0 Å². The minimum Gasteiger partial charge on any atom is -0.452 e. The number of ether oxygens (including phenoxy) is 1. The molecular weight excluding hydrogens is 364 g/mol. The number of carbonyl (C=O) groups is 2. The molecule has 0 fully saturated rings. The fraction of sp³-hybridized carbons (Fsp3) is 0.190. The molecule has 0 saturated carbocycles. The molecule has 0 bridgehead atoms. The summed E-state index contributed by atoms with van der Waals surface area (Å²) in [6.07, 6.45) is 0. The summed E-state index contributed by atoms with van der Waals surface area (Å²) >= 11 is 5.91. The lowest BCUT2D eigenvalue weighted by Crippen LogP contribution is -2.28. The van der Waals surface area contributed by atoms with Crippen molar-refractivity contribution in [1.29, 1.82) is 0 Å². The average molecular weight is 383 g/mol. The number of hydrogen-bond acceptors (Lipinski definition) is 4. The highest BCUT2D eigenvalue weighted by molar-refractivity contribution is 6.30. The number of fused-ring (bicyclic) bond motifs is 1. The van der Waals surface area contributed by atoms with Crippen LogP contribution < -0.4 is 5.32 Å². The van der Waals surface area contributed by atoms with Crippen molar-refractivity contribution in [3.8, 4) is 0 Å². The maximum atomic E-state index is 12.5. The van der Waals surface area contributed by atoms with Crippen LogP contribution in [0.3, 0.4) is 0 Å². The van der Waals surface area contributed by atoms with Crippen LogP contribution in [0.1, 0.15) is 27.2 Å². The number of amides is 1. The van der Waals surface area contributed by atoms with Crippen LogP contribution in [-0.4, -0.2) is 23.5 Å². The number of rotatable bonds is 5. The maximum Gasteiger partial charge on any atom is 0.340 e. The molecule has 0 spiro atoms. The summed E-state index contributed by atoms with van der Waals surface area (Å²) in [6, 6.07) is 14.8. The molecule has 1 N–H and O–H groups in total. The van der Waals surface area contributed by atoms with Crippen molar-refractivity contribution >= 4 is 34.4 Å². The highest BCUT2D eigenvalue weighted by atomic mass is 35.5. The molecule has 3 aromatic rings. The summed E-state index contributed by atoms with van der Waals surface area (Å²) in [5, 5.41) is 4.19. The van der Waals surface area contributed by atoms with Gasteiger partial charge in [0.05, 0.1) is 16.8 Å². The van der Waals surface area contributed by atoms with Gasteiger partial charge in [-0.1, -0.05) is 41.9 Å². The lowest BCUT2D eigenvalue weighted by atomic mass is 10.0. The Morgan fingerprint density at radius 2 is 1.89 bits per heavy atom. The summed E-state index contributed by atoms with van der Waals surface area (Å²) in [6.45, 7) is 3.57. The molecule has 27 heavy (non-hydrogen) atoms. The summed E-state index contributed by atoms with van der Waals surface area (Å²) in [5.41, 5.74) is 3.46. The van der Waals surface area contributed by atoms with Crippen LogP contribution in [0.4, 0.5) is 0 Å². The first-order chi connectivity index (χ1) is 13.0. The second-order valence-electron chi connectivity index (χ2n) is 6.20. The molecule has 1 aromatic heterocycles. The van der Waals surface area contributed by atoms with Gasteiger partial charge in [0.25, 0.3) is 5.91 Å². The van der Waals surface area contributed by atoms with Crippen LogP contribution in [0.25, 0.3) is 10.9 Å². The summed E-state index contributed by atoms with van der Waals surface area (Å²) in [4.78, 5) is 28.9. The van der Waals surface area contributed by atoms with Gasteiger partial charge in [0.15, 0.2) is 6.61 Å². The summed E-state index contributed by atoms with van der Waals surface area (Å²) in [5.74, 6) is -0.937. The number of halogens is 1. The predicted molar refractivity (Wildman–Crippen MR) is 105 cm³/mol. The number of aromatic nitrogens is 1. The molecule has 0 unspecified atom stereocenters. The molecule has 0 aliphatic heterocycles. The molecule has 1 amide bonds. The molecule has 138 valence electrons. The summed E-state index contributed by atoms with van der Waals surface area (Å²) < 4.78 is 5.20. The zero-order chi connectivity index (χ0) is 19.4. The van der Waals surface area contributed by atoms with E-state index < -0.39 is 5.97 Å². The van der Waals surface area contributed by atoms with Crippen LogP contribution >= 0.6 is 11.6 Å². The Balaban J connectivity index is 1.64. The van der Waals surface area contributed by atoms with Crippen molar-refractivity contribution in [2.75, 3.05) is 6.61 Å². The molecule has 0 atom stereocenters. The van der Waals surface area contributed by atoms with E-state index in [2.05, 4.69) is 10.3 Å². The number of pyridine rings is 1. The number of benzene rings is 2. The first-order valence-electron chi connectivity index (χ1n) is 8.50. The number of aryl methyl sites for hydroxylation is 2. The third-order valence-corrected chi connectivity index (χ3v) is 4.49. The Labute approximate surface area is 162 Å². The van der Waals surface area contributed by atoms with E-state index in [1.165, 1.54) is 0 Å². The van der Waals surface area contributed by atoms with Crippen molar-refractivity contribution in [1.82, 2.24) is 10.3 Å². The normalized spacial score (nSPS) is 10.6. The van der Waals surface area contributed by atoms with Crippen molar-refractivity contribution < 1.29 is 14.3 Å². The minimum atomic E-state index is -0.554. The van der Waals surface area contributed by atoms with E-state index in [1.54, 1.807) is 19.1 Å². The van der Waals surface area contributed by atoms with Crippen LogP contribution in [0.15, 0.2) is 48.5 Å². The van der Waals surface area contributed by atoms with Gasteiger partial charge in [-0.3, -0.25) is 9.78 Å². The molecular formula is C21H19ClN2O3. The van der Waals surface area contributed by atoms with Gasteiger partial charge >= 0.3 is 5.97 Å². The van der Waals surface area contributed by atoms with Crippen molar-refractivity contribution in [2.24, 2.45) is 0 Å². The first kappa shape index (κ1) is 18.9. The molecule has 0 aliphatic rings. The Morgan fingerprint density at radius 1 is 1.11 bits per heavy atom. The van der Waals surface area contributed by atoms with E-state index in [0.29, 0.717) is 22.8 Å². The first-order valence-corrected chi connectivity index (χ1v) is 8.87. The van der Waals surface area contributed by atoms with Gasteiger partial charge in [0.1, 0.15) is 0 Å². The van der Waals surface area contributed by atoms with Crippen LogP contribution in [0, 0.1) is 13.8 Å². The third-order valence-electron chi connectivity index (χ3n) is 4.25. The van der Waals surface area contributed by atoms with E-state index in [-0.39, 0.29) is 12.5 Å². The highest BCUT2D eigenvalue weighted by Gasteiger charge is 2.18. The highest BCUT2D eigenvalue weighted by Crippen LogP contribution is 2.23. The van der Waals surface area contributed by atoms with Gasteiger partial charge in [-0.25, -0.2) is 4.79 Å². The number of hydrogen-bond donors (Lipinski definition) is 1. The predicted octanol–water partition coefficient (Wildman–Crippen LogP) is 3.98. The van der Waals surface area contributed by atoms with Gasteiger partial charge < -0.3 is 10.1 Å². The second kappa shape index (κ2) is 8.18. The lowest BCUT2D eigenvalue weighted by Gasteiger charge is -2.12. The molecule has 0 radical (unpaired) electrons. The summed E-state index contributed by atoms with van der Waals surface area (Å²) in [7, 11) is 0. The smallest absolute Gasteiger partial charge is 0.340 e. The number of carbonyl (C=O) groups excluding carboxylic acids is 2. The van der Waals surface area contributed by atoms with Crippen molar-refractivity contribution in [3.05, 3.63) is 75.9 Å². The number of nitrogens with one attached hydrogen (secondary N) is 1. The zero-order valence-electron chi connectivity index (χ0n) is 15.1. The fourth-order valence-corrected chi connectivity index (χ4v) is 3.15. The van der Waals surface area contributed by atoms with E-state index >= 15 is 0 Å². The van der Waals surface area contributed by atoms with E-state index in [1.807, 2.05) is 43.3 Å². The molecule has 2 aromatic carbocycles. The monoisotopic (exact) mass is 382 g/mol. The SMILES string of the molecule is Cc1nc2ccccc2c(C)c1C(=O)OCC(=O)NCc1cccc(Cl)c1. The Bertz CT molecular complexity index is 1020. The zero-order valence-corrected chi connectivity index (χ0v) is 15.8. The molecule has 6 heteroatoms. The van der Waals surface area contributed by atoms with E-state index in [9.17, 15) is 9.59 Å².